The van der Waals surface area contributed by atoms with E-state index in [0.717, 1.165) is 11.4 Å². The molecule has 0 radical (unpaired) electrons. The first-order valence-electron chi connectivity index (χ1n) is 19.2. The van der Waals surface area contributed by atoms with Gasteiger partial charge in [0.25, 0.3) is 6.71 Å². The molecule has 3 heterocycles. The van der Waals surface area contributed by atoms with Crippen molar-refractivity contribution >= 4 is 79.0 Å². The fraction of sp³-hybridized carbons (Fsp3) is 0.160. The van der Waals surface area contributed by atoms with Gasteiger partial charge in [0, 0.05) is 50.6 Å². The van der Waals surface area contributed by atoms with Crippen LogP contribution in [0, 0.1) is 0 Å². The first-order chi connectivity index (χ1) is 26.1. The minimum atomic E-state index is 0.0457. The molecule has 0 saturated heterocycles. The summed E-state index contributed by atoms with van der Waals surface area (Å²) in [6, 6.07) is 58.9. The standard InChI is InChI=1S/C50H44BN3/c1-49(2,3)33-24-27-42-38(30-33)39-31-34(50(4,5)6)25-28-43(39)54(42)37-26-29-45-41(32-37)51-40-20-13-14-21-44(40)52(35-16-9-7-10-17-35)46-22-15-23-47(48(46)51)53(45)36-18-11-8-12-19-36/h7-32H,1-6H3. The Labute approximate surface area is 319 Å². The highest BCUT2D eigenvalue weighted by Crippen LogP contribution is 2.44. The summed E-state index contributed by atoms with van der Waals surface area (Å²) < 4.78 is 2.50. The third kappa shape index (κ3) is 4.89. The molecule has 262 valence electrons. The van der Waals surface area contributed by atoms with E-state index in [-0.39, 0.29) is 17.5 Å². The largest absolute Gasteiger partial charge is 0.311 e. The van der Waals surface area contributed by atoms with Crippen LogP contribution >= 0.6 is 0 Å². The van der Waals surface area contributed by atoms with E-state index in [1.165, 1.54) is 77.8 Å². The molecule has 2 aliphatic rings. The number of hydrogen-bond acceptors (Lipinski definition) is 2. The van der Waals surface area contributed by atoms with E-state index in [1.54, 1.807) is 0 Å². The molecule has 3 nitrogen and oxygen atoms in total. The first-order valence-corrected chi connectivity index (χ1v) is 19.2. The summed E-state index contributed by atoms with van der Waals surface area (Å²) in [6.07, 6.45) is 0. The molecule has 0 unspecified atom stereocenters. The van der Waals surface area contributed by atoms with E-state index < -0.39 is 0 Å². The van der Waals surface area contributed by atoms with Gasteiger partial charge in [0.2, 0.25) is 0 Å². The van der Waals surface area contributed by atoms with Gasteiger partial charge >= 0.3 is 0 Å². The maximum Gasteiger partial charge on any atom is 0.252 e. The van der Waals surface area contributed by atoms with Gasteiger partial charge < -0.3 is 14.4 Å². The van der Waals surface area contributed by atoms with Crippen molar-refractivity contribution in [2.75, 3.05) is 9.80 Å². The maximum atomic E-state index is 2.50. The molecule has 0 bridgehead atoms. The van der Waals surface area contributed by atoms with Crippen molar-refractivity contribution in [3.05, 3.63) is 169 Å². The van der Waals surface area contributed by atoms with E-state index in [9.17, 15) is 0 Å². The lowest BCUT2D eigenvalue weighted by molar-refractivity contribution is 0.590. The number of anilines is 6. The van der Waals surface area contributed by atoms with Gasteiger partial charge in [-0.25, -0.2) is 0 Å². The lowest BCUT2D eigenvalue weighted by Gasteiger charge is -2.44. The second kappa shape index (κ2) is 11.8. The zero-order valence-corrected chi connectivity index (χ0v) is 31.9. The quantitative estimate of drug-likeness (QED) is 0.170. The van der Waals surface area contributed by atoms with Gasteiger partial charge in [0.05, 0.1) is 11.0 Å². The minimum Gasteiger partial charge on any atom is -0.311 e. The van der Waals surface area contributed by atoms with Gasteiger partial charge in [-0.05, 0) is 123 Å². The molecule has 0 fully saturated rings. The molecule has 7 aromatic carbocycles. The van der Waals surface area contributed by atoms with Crippen LogP contribution in [0.15, 0.2) is 158 Å². The average molecular weight is 698 g/mol. The van der Waals surface area contributed by atoms with E-state index in [4.69, 9.17) is 0 Å². The number of benzene rings is 7. The number of hydrogen-bond donors (Lipinski definition) is 0. The average Bonchev–Trinajstić information content (AvgIpc) is 3.51. The SMILES string of the molecule is CC(C)(C)c1ccc2c(c1)c1cc(C(C)(C)C)ccc1n2-c1ccc2c(c1)B1c3ccccc3N(c3ccccc3)c3cccc(c31)N2c1ccccc1. The Morgan fingerprint density at radius 3 is 1.41 bits per heavy atom. The molecule has 1 aromatic heterocycles. The second-order valence-electron chi connectivity index (χ2n) is 17.1. The van der Waals surface area contributed by atoms with E-state index >= 15 is 0 Å². The molecule has 54 heavy (non-hydrogen) atoms. The Kier molecular flexibility index (Phi) is 7.10. The molecule has 0 saturated carbocycles. The summed E-state index contributed by atoms with van der Waals surface area (Å²) in [4.78, 5) is 4.93. The Morgan fingerprint density at radius 1 is 0.389 bits per heavy atom. The normalized spacial score (nSPS) is 13.6. The van der Waals surface area contributed by atoms with Crippen LogP contribution in [0.4, 0.5) is 34.1 Å². The zero-order chi connectivity index (χ0) is 36.9. The molecule has 0 spiro atoms. The van der Waals surface area contributed by atoms with Crippen molar-refractivity contribution in [1.29, 1.82) is 0 Å². The van der Waals surface area contributed by atoms with Crippen LogP contribution in [-0.4, -0.2) is 11.3 Å². The van der Waals surface area contributed by atoms with Gasteiger partial charge in [-0.15, -0.1) is 0 Å². The third-order valence-corrected chi connectivity index (χ3v) is 11.7. The van der Waals surface area contributed by atoms with Crippen LogP contribution in [0.1, 0.15) is 52.7 Å². The molecule has 0 atom stereocenters. The summed E-state index contributed by atoms with van der Waals surface area (Å²) in [6.45, 7) is 13.9. The highest BCUT2D eigenvalue weighted by molar-refractivity contribution is 7.00. The third-order valence-electron chi connectivity index (χ3n) is 11.7. The molecular weight excluding hydrogens is 653 g/mol. The highest BCUT2D eigenvalue weighted by atomic mass is 15.2. The number of fused-ring (bicyclic) bond motifs is 7. The monoisotopic (exact) mass is 697 g/mol. The van der Waals surface area contributed by atoms with Gasteiger partial charge in [0.1, 0.15) is 0 Å². The van der Waals surface area contributed by atoms with Crippen LogP contribution in [0.2, 0.25) is 0 Å². The van der Waals surface area contributed by atoms with Crippen LogP contribution in [0.3, 0.4) is 0 Å². The van der Waals surface area contributed by atoms with Crippen molar-refractivity contribution in [1.82, 2.24) is 4.57 Å². The fourth-order valence-corrected chi connectivity index (χ4v) is 8.96. The Hall–Kier alpha value is -6.00. The van der Waals surface area contributed by atoms with E-state index in [1.807, 2.05) is 0 Å². The topological polar surface area (TPSA) is 11.4 Å². The summed E-state index contributed by atoms with van der Waals surface area (Å²) in [5, 5.41) is 2.61. The lowest BCUT2D eigenvalue weighted by atomic mass is 9.33. The molecule has 0 amide bonds. The first kappa shape index (κ1) is 32.6. The predicted molar refractivity (Wildman–Crippen MR) is 232 cm³/mol. The van der Waals surface area contributed by atoms with Crippen LogP contribution < -0.4 is 26.2 Å². The molecule has 10 rings (SSSR count). The van der Waals surface area contributed by atoms with Gasteiger partial charge in [-0.1, -0.05) is 114 Å². The molecule has 4 heteroatoms. The molecular formula is C50H44BN3. The smallest absolute Gasteiger partial charge is 0.252 e. The summed E-state index contributed by atoms with van der Waals surface area (Å²) in [5.74, 6) is 0. The lowest BCUT2D eigenvalue weighted by Crippen LogP contribution is -2.61. The Bertz CT molecular complexity index is 2660. The summed E-state index contributed by atoms with van der Waals surface area (Å²) >= 11 is 0. The van der Waals surface area contributed by atoms with Gasteiger partial charge in [-0.3, -0.25) is 0 Å². The van der Waals surface area contributed by atoms with Crippen LogP contribution in [0.25, 0.3) is 27.5 Å². The van der Waals surface area contributed by atoms with Crippen LogP contribution in [-0.2, 0) is 10.8 Å². The van der Waals surface area contributed by atoms with Crippen LogP contribution in [0.5, 0.6) is 0 Å². The second-order valence-corrected chi connectivity index (χ2v) is 17.1. The van der Waals surface area contributed by atoms with Crippen molar-refractivity contribution in [3.8, 4) is 5.69 Å². The van der Waals surface area contributed by atoms with Gasteiger partial charge in [-0.2, -0.15) is 0 Å². The Balaban J connectivity index is 1.27. The number of rotatable bonds is 3. The fourth-order valence-electron chi connectivity index (χ4n) is 8.96. The minimum absolute atomic E-state index is 0.0457. The molecule has 8 aromatic rings. The van der Waals surface area contributed by atoms with Crippen molar-refractivity contribution < 1.29 is 0 Å². The summed E-state index contributed by atoms with van der Waals surface area (Å²) in [7, 11) is 0. The zero-order valence-electron chi connectivity index (χ0n) is 31.9. The van der Waals surface area contributed by atoms with E-state index in [0.29, 0.717) is 0 Å². The van der Waals surface area contributed by atoms with Gasteiger partial charge in [0.15, 0.2) is 0 Å². The Morgan fingerprint density at radius 2 is 0.870 bits per heavy atom. The number of aromatic nitrogens is 1. The maximum absolute atomic E-state index is 2.50. The van der Waals surface area contributed by atoms with E-state index in [2.05, 4.69) is 214 Å². The molecule has 0 aliphatic carbocycles. The predicted octanol–water partition coefficient (Wildman–Crippen LogP) is 11.5. The number of para-hydroxylation sites is 3. The summed E-state index contributed by atoms with van der Waals surface area (Å²) in [5.41, 5.74) is 17.6. The molecule has 0 N–H and O–H groups in total. The molecule has 2 aliphatic heterocycles. The van der Waals surface area contributed by atoms with Crippen molar-refractivity contribution in [3.63, 3.8) is 0 Å². The number of nitrogens with zero attached hydrogens (tertiary/aromatic N) is 3. The van der Waals surface area contributed by atoms with Crippen molar-refractivity contribution in [2.45, 2.75) is 52.4 Å². The highest BCUT2D eigenvalue weighted by Gasteiger charge is 2.43. The van der Waals surface area contributed by atoms with Crippen molar-refractivity contribution in [2.24, 2.45) is 0 Å².